The Morgan fingerprint density at radius 3 is 2.73 bits per heavy atom. The first kappa shape index (κ1) is 16.6. The number of benzene rings is 1. The highest BCUT2D eigenvalue weighted by Gasteiger charge is 2.05. The van der Waals surface area contributed by atoms with E-state index in [-0.39, 0.29) is 12.5 Å². The molecule has 0 bridgehead atoms. The molecule has 22 heavy (non-hydrogen) atoms. The van der Waals surface area contributed by atoms with Gasteiger partial charge in [-0.15, -0.1) is 0 Å². The summed E-state index contributed by atoms with van der Waals surface area (Å²) in [4.78, 5) is 15.7. The Labute approximate surface area is 145 Å². The topological polar surface area (TPSA) is 66.4 Å². The number of rotatable bonds is 5. The Kier molecular flexibility index (Phi) is 6.09. The maximum Gasteiger partial charge on any atom is 0.259 e. The van der Waals surface area contributed by atoms with Gasteiger partial charge in [0.05, 0.1) is 12.8 Å². The van der Waals surface area contributed by atoms with E-state index in [1.807, 2.05) is 25.1 Å². The van der Waals surface area contributed by atoms with E-state index >= 15 is 0 Å². The monoisotopic (exact) mass is 424 g/mol. The van der Waals surface area contributed by atoms with Crippen LogP contribution in [0.1, 0.15) is 11.1 Å². The second-order valence-electron chi connectivity index (χ2n) is 4.50. The summed E-state index contributed by atoms with van der Waals surface area (Å²) in [5.41, 5.74) is 5.23. The van der Waals surface area contributed by atoms with Gasteiger partial charge in [0.1, 0.15) is 0 Å². The van der Waals surface area contributed by atoms with Crippen LogP contribution in [0.3, 0.4) is 0 Å². The van der Waals surface area contributed by atoms with E-state index in [1.165, 1.54) is 0 Å². The third-order valence-electron chi connectivity index (χ3n) is 2.82. The van der Waals surface area contributed by atoms with Gasteiger partial charge in [-0.05, 0) is 30.7 Å². The lowest BCUT2D eigenvalue weighted by Gasteiger charge is -2.09. The highest BCUT2D eigenvalue weighted by Crippen LogP contribution is 2.28. The predicted octanol–water partition coefficient (Wildman–Crippen LogP) is 3.48. The largest absolute Gasteiger partial charge is 0.376 e. The van der Waals surface area contributed by atoms with Crippen molar-refractivity contribution in [2.24, 2.45) is 5.10 Å². The normalized spacial score (nSPS) is 10.7. The number of anilines is 1. The van der Waals surface area contributed by atoms with E-state index < -0.39 is 0 Å². The summed E-state index contributed by atoms with van der Waals surface area (Å²) in [6.07, 6.45) is 4.89. The number of aromatic nitrogens is 1. The van der Waals surface area contributed by atoms with E-state index in [9.17, 15) is 4.79 Å². The van der Waals surface area contributed by atoms with Crippen LogP contribution < -0.4 is 10.7 Å². The van der Waals surface area contributed by atoms with Gasteiger partial charge in [0, 0.05) is 32.6 Å². The van der Waals surface area contributed by atoms with Crippen molar-refractivity contribution < 1.29 is 4.79 Å². The van der Waals surface area contributed by atoms with Crippen LogP contribution in [-0.2, 0) is 4.79 Å². The van der Waals surface area contributed by atoms with Gasteiger partial charge in [0.15, 0.2) is 0 Å². The highest BCUT2D eigenvalue weighted by atomic mass is 79.9. The van der Waals surface area contributed by atoms with E-state index in [1.54, 1.807) is 24.7 Å². The Hall–Kier alpha value is -1.73. The molecule has 1 aromatic carbocycles. The molecule has 2 N–H and O–H groups in total. The number of carbonyl (C=O) groups is 1. The van der Waals surface area contributed by atoms with Crippen molar-refractivity contribution >= 4 is 49.7 Å². The molecule has 0 aliphatic rings. The number of carbonyl (C=O) groups excluding carboxylic acids is 1. The first-order valence-electron chi connectivity index (χ1n) is 6.47. The molecule has 0 spiro atoms. The quantitative estimate of drug-likeness (QED) is 0.569. The van der Waals surface area contributed by atoms with Crippen LogP contribution in [-0.4, -0.2) is 23.7 Å². The van der Waals surface area contributed by atoms with Gasteiger partial charge in [-0.1, -0.05) is 37.9 Å². The Balaban J connectivity index is 1.84. The molecule has 2 aromatic rings. The molecule has 5 nitrogen and oxygen atoms in total. The zero-order valence-corrected chi connectivity index (χ0v) is 15.0. The average molecular weight is 426 g/mol. The zero-order valence-electron chi connectivity index (χ0n) is 11.8. The first-order chi connectivity index (χ1) is 10.6. The lowest BCUT2D eigenvalue weighted by atomic mass is 10.2. The number of amides is 1. The van der Waals surface area contributed by atoms with Gasteiger partial charge in [-0.3, -0.25) is 9.78 Å². The van der Waals surface area contributed by atoms with Crippen molar-refractivity contribution in [2.45, 2.75) is 6.92 Å². The van der Waals surface area contributed by atoms with Gasteiger partial charge >= 0.3 is 0 Å². The molecular formula is C15H14Br2N4O. The van der Waals surface area contributed by atoms with E-state index in [2.05, 4.69) is 52.7 Å². The molecule has 0 radical (unpaired) electrons. The fourth-order valence-corrected chi connectivity index (χ4v) is 2.79. The van der Waals surface area contributed by atoms with Crippen molar-refractivity contribution in [2.75, 3.05) is 11.9 Å². The second kappa shape index (κ2) is 8.05. The summed E-state index contributed by atoms with van der Waals surface area (Å²) < 4.78 is 1.94. The van der Waals surface area contributed by atoms with E-state index in [4.69, 9.17) is 0 Å². The average Bonchev–Trinajstić information content (AvgIpc) is 2.51. The molecule has 0 atom stereocenters. The Morgan fingerprint density at radius 2 is 2.09 bits per heavy atom. The molecule has 0 aliphatic heterocycles. The summed E-state index contributed by atoms with van der Waals surface area (Å²) in [5, 5.41) is 6.92. The van der Waals surface area contributed by atoms with Crippen LogP contribution in [0, 0.1) is 6.92 Å². The Morgan fingerprint density at radius 1 is 1.36 bits per heavy atom. The molecular weight excluding hydrogens is 412 g/mol. The fourth-order valence-electron chi connectivity index (χ4n) is 1.60. The lowest BCUT2D eigenvalue weighted by molar-refractivity contribution is -0.119. The summed E-state index contributed by atoms with van der Waals surface area (Å²) in [6, 6.07) is 7.50. The SMILES string of the molecule is Cc1c(Br)cc(NCC(=O)NN=Cc2cccnc2)cc1Br. The zero-order chi connectivity index (χ0) is 15.9. The number of halogens is 2. The number of hydrogen-bond donors (Lipinski definition) is 2. The molecule has 0 saturated heterocycles. The molecule has 1 heterocycles. The number of nitrogens with zero attached hydrogens (tertiary/aromatic N) is 2. The summed E-state index contributed by atoms with van der Waals surface area (Å²) in [5.74, 6) is -0.229. The number of pyridine rings is 1. The molecule has 2 rings (SSSR count). The minimum absolute atomic E-state index is 0.131. The van der Waals surface area contributed by atoms with E-state index in [0.29, 0.717) is 0 Å². The molecule has 0 aliphatic carbocycles. The molecule has 0 unspecified atom stereocenters. The van der Waals surface area contributed by atoms with Crippen LogP contribution in [0.2, 0.25) is 0 Å². The minimum Gasteiger partial charge on any atom is -0.376 e. The standard InChI is InChI=1S/C15H14Br2N4O/c1-10-13(16)5-12(6-14(10)17)19-9-15(22)21-20-8-11-3-2-4-18-7-11/h2-8,19H,9H2,1H3,(H,21,22). The molecule has 0 fully saturated rings. The van der Waals surface area contributed by atoms with Crippen molar-refractivity contribution in [3.05, 3.63) is 56.7 Å². The fraction of sp³-hybridized carbons (Fsp3) is 0.133. The van der Waals surface area contributed by atoms with Gasteiger partial charge in [-0.2, -0.15) is 5.10 Å². The maximum absolute atomic E-state index is 11.7. The molecule has 7 heteroatoms. The van der Waals surface area contributed by atoms with Crippen molar-refractivity contribution in [3.63, 3.8) is 0 Å². The van der Waals surface area contributed by atoms with Crippen LogP contribution in [0.5, 0.6) is 0 Å². The van der Waals surface area contributed by atoms with Gasteiger partial charge in [-0.25, -0.2) is 5.43 Å². The minimum atomic E-state index is -0.229. The molecule has 0 saturated carbocycles. The van der Waals surface area contributed by atoms with Gasteiger partial charge in [0.2, 0.25) is 0 Å². The van der Waals surface area contributed by atoms with Crippen molar-refractivity contribution in [1.82, 2.24) is 10.4 Å². The predicted molar refractivity (Wildman–Crippen MR) is 95.0 cm³/mol. The van der Waals surface area contributed by atoms with Crippen LogP contribution in [0.15, 0.2) is 50.7 Å². The third-order valence-corrected chi connectivity index (χ3v) is 4.47. The summed E-state index contributed by atoms with van der Waals surface area (Å²) in [6.45, 7) is 2.13. The van der Waals surface area contributed by atoms with E-state index in [0.717, 1.165) is 25.8 Å². The summed E-state index contributed by atoms with van der Waals surface area (Å²) in [7, 11) is 0. The van der Waals surface area contributed by atoms with Crippen LogP contribution in [0.4, 0.5) is 5.69 Å². The van der Waals surface area contributed by atoms with Gasteiger partial charge in [0.25, 0.3) is 5.91 Å². The summed E-state index contributed by atoms with van der Waals surface area (Å²) >= 11 is 6.94. The van der Waals surface area contributed by atoms with Crippen molar-refractivity contribution in [3.8, 4) is 0 Å². The number of nitrogens with one attached hydrogen (secondary N) is 2. The number of hydrogen-bond acceptors (Lipinski definition) is 4. The third kappa shape index (κ3) is 4.92. The lowest BCUT2D eigenvalue weighted by Crippen LogP contribution is -2.25. The first-order valence-corrected chi connectivity index (χ1v) is 8.06. The Bertz CT molecular complexity index is 666. The molecule has 114 valence electrons. The molecule has 1 aromatic heterocycles. The number of hydrazone groups is 1. The van der Waals surface area contributed by atoms with Gasteiger partial charge < -0.3 is 5.32 Å². The maximum atomic E-state index is 11.7. The van der Waals surface area contributed by atoms with Crippen LogP contribution in [0.25, 0.3) is 0 Å². The highest BCUT2D eigenvalue weighted by molar-refractivity contribution is 9.11. The second-order valence-corrected chi connectivity index (χ2v) is 6.21. The molecule has 1 amide bonds. The smallest absolute Gasteiger partial charge is 0.259 e. The van der Waals surface area contributed by atoms with Crippen molar-refractivity contribution in [1.29, 1.82) is 0 Å². The van der Waals surface area contributed by atoms with Crippen LogP contribution >= 0.6 is 31.9 Å².